The third-order valence-electron chi connectivity index (χ3n) is 2.45. The molecule has 1 rings (SSSR count). The van der Waals surface area contributed by atoms with Gasteiger partial charge >= 0.3 is 6.09 Å². The van der Waals surface area contributed by atoms with E-state index in [-0.39, 0.29) is 6.54 Å². The highest BCUT2D eigenvalue weighted by Crippen LogP contribution is 2.12. The van der Waals surface area contributed by atoms with Gasteiger partial charge in [-0.3, -0.25) is 0 Å². The van der Waals surface area contributed by atoms with Crippen molar-refractivity contribution in [3.63, 3.8) is 0 Å². The Morgan fingerprint density at radius 2 is 1.90 bits per heavy atom. The molecule has 1 aromatic carbocycles. The molecule has 0 saturated heterocycles. The molecule has 104 valence electrons. The van der Waals surface area contributed by atoms with Crippen LogP contribution in [-0.4, -0.2) is 31.2 Å². The summed E-state index contributed by atoms with van der Waals surface area (Å²) in [6.07, 6.45) is -0.998. The fourth-order valence-corrected chi connectivity index (χ4v) is 2.04. The van der Waals surface area contributed by atoms with Gasteiger partial charge in [-0.2, -0.15) is 5.26 Å². The third-order valence-corrected chi connectivity index (χ3v) is 3.33. The molecule has 0 unspecified atom stereocenters. The van der Waals surface area contributed by atoms with Crippen molar-refractivity contribution in [3.8, 4) is 17.5 Å². The van der Waals surface area contributed by atoms with Crippen LogP contribution >= 0.6 is 0 Å². The molecule has 0 fully saturated rings. The van der Waals surface area contributed by atoms with Gasteiger partial charge in [0.15, 0.2) is 0 Å². The summed E-state index contributed by atoms with van der Waals surface area (Å²) in [5.74, 6) is 3.10. The minimum Gasteiger partial charge on any atom is -0.465 e. The van der Waals surface area contributed by atoms with E-state index in [4.69, 9.17) is 10.4 Å². The lowest BCUT2D eigenvalue weighted by atomic mass is 10.1. The van der Waals surface area contributed by atoms with Gasteiger partial charge in [0.05, 0.1) is 11.6 Å². The second-order valence-corrected chi connectivity index (χ2v) is 10.4. The zero-order valence-electron chi connectivity index (χ0n) is 12.2. The molecule has 4 nitrogen and oxygen atoms in total. The van der Waals surface area contributed by atoms with Crippen molar-refractivity contribution in [2.24, 2.45) is 0 Å². The average molecular weight is 286 g/mol. The summed E-state index contributed by atoms with van der Waals surface area (Å²) < 4.78 is 0. The number of benzene rings is 1. The van der Waals surface area contributed by atoms with Gasteiger partial charge in [0.2, 0.25) is 0 Å². The molecule has 0 aliphatic heterocycles. The first-order chi connectivity index (χ1) is 9.21. The van der Waals surface area contributed by atoms with E-state index in [2.05, 4.69) is 37.2 Å². The number of carboxylic acid groups (broad SMARTS) is 1. The molecule has 0 bridgehead atoms. The van der Waals surface area contributed by atoms with E-state index in [0.717, 1.165) is 11.1 Å². The quantitative estimate of drug-likeness (QED) is 0.671. The number of amides is 1. The lowest BCUT2D eigenvalue weighted by Crippen LogP contribution is -2.23. The first-order valence-electron chi connectivity index (χ1n) is 6.22. The molecule has 0 atom stereocenters. The summed E-state index contributed by atoms with van der Waals surface area (Å²) in [5, 5.41) is 17.9. The molecular formula is C15H18N2O2Si. The van der Waals surface area contributed by atoms with E-state index >= 15 is 0 Å². The Hall–Kier alpha value is -2.24. The van der Waals surface area contributed by atoms with Gasteiger partial charge in [0.1, 0.15) is 8.07 Å². The van der Waals surface area contributed by atoms with E-state index < -0.39 is 14.2 Å². The second kappa shape index (κ2) is 6.27. The zero-order valence-corrected chi connectivity index (χ0v) is 13.2. The number of carbonyl (C=O) groups is 1. The topological polar surface area (TPSA) is 64.3 Å². The van der Waals surface area contributed by atoms with Crippen molar-refractivity contribution >= 4 is 14.2 Å². The highest BCUT2D eigenvalue weighted by molar-refractivity contribution is 6.83. The van der Waals surface area contributed by atoms with Crippen molar-refractivity contribution in [2.45, 2.75) is 26.2 Å². The number of hydrogen-bond donors (Lipinski definition) is 1. The lowest BCUT2D eigenvalue weighted by Gasteiger charge is -2.13. The first-order valence-corrected chi connectivity index (χ1v) is 9.72. The van der Waals surface area contributed by atoms with Crippen LogP contribution in [0.5, 0.6) is 0 Å². The van der Waals surface area contributed by atoms with Gasteiger partial charge in [0.25, 0.3) is 0 Å². The Labute approximate surface area is 120 Å². The molecular weight excluding hydrogens is 268 g/mol. The fraction of sp³-hybridized carbons (Fsp3) is 0.333. The molecule has 0 spiro atoms. The molecule has 0 aliphatic rings. The number of hydrogen-bond acceptors (Lipinski definition) is 2. The van der Waals surface area contributed by atoms with Crippen LogP contribution in [0.1, 0.15) is 16.7 Å². The van der Waals surface area contributed by atoms with Crippen LogP contribution in [0.2, 0.25) is 19.6 Å². The van der Waals surface area contributed by atoms with E-state index in [1.807, 2.05) is 6.07 Å². The summed E-state index contributed by atoms with van der Waals surface area (Å²) in [4.78, 5) is 12.0. The van der Waals surface area contributed by atoms with Crippen LogP contribution in [0.3, 0.4) is 0 Å². The molecule has 5 heteroatoms. The largest absolute Gasteiger partial charge is 0.465 e. The zero-order chi connectivity index (χ0) is 15.3. The Balaban J connectivity index is 3.12. The number of nitrogens with zero attached hydrogens (tertiary/aromatic N) is 2. The van der Waals surface area contributed by atoms with Crippen LogP contribution in [0.4, 0.5) is 4.79 Å². The van der Waals surface area contributed by atoms with Crippen LogP contribution in [-0.2, 0) is 6.54 Å². The van der Waals surface area contributed by atoms with Gasteiger partial charge in [-0.25, -0.2) is 4.79 Å². The fourth-order valence-electron chi connectivity index (χ4n) is 1.52. The van der Waals surface area contributed by atoms with Crippen LogP contribution in [0.15, 0.2) is 18.2 Å². The van der Waals surface area contributed by atoms with Crippen molar-refractivity contribution in [1.82, 2.24) is 4.90 Å². The SMILES string of the molecule is CN(Cc1cc(C#N)cc(C#C[Si](C)(C)C)c1)C(=O)O. The Morgan fingerprint density at radius 1 is 1.30 bits per heavy atom. The first kappa shape index (κ1) is 15.8. The molecule has 0 heterocycles. The minimum absolute atomic E-state index is 0.243. The summed E-state index contributed by atoms with van der Waals surface area (Å²) in [7, 11) is 0.0114. The molecule has 20 heavy (non-hydrogen) atoms. The van der Waals surface area contributed by atoms with Crippen molar-refractivity contribution in [3.05, 3.63) is 34.9 Å². The molecule has 0 aliphatic carbocycles. The normalized spacial score (nSPS) is 10.2. The standard InChI is InChI=1S/C15H18N2O2Si/c1-17(15(18)19)11-14-8-12(5-6-20(2,3)4)7-13(9-14)10-16/h7-9H,11H2,1-4H3,(H,18,19). The van der Waals surface area contributed by atoms with Crippen molar-refractivity contribution < 1.29 is 9.90 Å². The molecule has 0 radical (unpaired) electrons. The predicted octanol–water partition coefficient (Wildman–Crippen LogP) is 2.90. The van der Waals surface area contributed by atoms with Gasteiger partial charge in [-0.05, 0) is 23.8 Å². The minimum atomic E-state index is -1.48. The molecule has 1 amide bonds. The average Bonchev–Trinajstić information content (AvgIpc) is 2.35. The predicted molar refractivity (Wildman–Crippen MR) is 80.9 cm³/mol. The van der Waals surface area contributed by atoms with Gasteiger partial charge in [0, 0.05) is 19.2 Å². The smallest absolute Gasteiger partial charge is 0.407 e. The highest BCUT2D eigenvalue weighted by atomic mass is 28.3. The van der Waals surface area contributed by atoms with Crippen molar-refractivity contribution in [1.29, 1.82) is 5.26 Å². The van der Waals surface area contributed by atoms with Crippen LogP contribution in [0.25, 0.3) is 0 Å². The summed E-state index contributed by atoms with van der Waals surface area (Å²) in [6.45, 7) is 6.68. The molecule has 1 N–H and O–H groups in total. The maximum Gasteiger partial charge on any atom is 0.407 e. The lowest BCUT2D eigenvalue weighted by molar-refractivity contribution is 0.153. The highest BCUT2D eigenvalue weighted by Gasteiger charge is 2.09. The third kappa shape index (κ3) is 5.17. The van der Waals surface area contributed by atoms with Gasteiger partial charge in [-0.15, -0.1) is 5.54 Å². The van der Waals surface area contributed by atoms with E-state index in [0.29, 0.717) is 5.56 Å². The van der Waals surface area contributed by atoms with Gasteiger partial charge < -0.3 is 10.0 Å². The maximum absolute atomic E-state index is 10.8. The Kier molecular flexibility index (Phi) is 4.96. The summed E-state index contributed by atoms with van der Waals surface area (Å²) in [5.41, 5.74) is 5.28. The van der Waals surface area contributed by atoms with E-state index in [9.17, 15) is 4.79 Å². The summed E-state index contributed by atoms with van der Waals surface area (Å²) >= 11 is 0. The van der Waals surface area contributed by atoms with E-state index in [1.165, 1.54) is 11.9 Å². The van der Waals surface area contributed by atoms with Crippen molar-refractivity contribution in [2.75, 3.05) is 7.05 Å². The number of rotatable bonds is 2. The van der Waals surface area contributed by atoms with Crippen LogP contribution in [0, 0.1) is 22.8 Å². The molecule has 1 aromatic rings. The Morgan fingerprint density at radius 3 is 2.40 bits per heavy atom. The maximum atomic E-state index is 10.8. The van der Waals surface area contributed by atoms with E-state index in [1.54, 1.807) is 12.1 Å². The number of nitriles is 1. The summed E-state index contributed by atoms with van der Waals surface area (Å²) in [6, 6.07) is 7.35. The molecule has 0 aromatic heterocycles. The Bertz CT molecular complexity index is 615. The second-order valence-electron chi connectivity index (χ2n) is 5.67. The van der Waals surface area contributed by atoms with Gasteiger partial charge in [-0.1, -0.05) is 25.6 Å². The van der Waals surface area contributed by atoms with Crippen LogP contribution < -0.4 is 0 Å². The molecule has 0 saturated carbocycles. The monoisotopic (exact) mass is 286 g/mol.